The number of aromatic nitrogens is 3. The molecule has 3 nitrogen and oxygen atoms in total. The van der Waals surface area contributed by atoms with E-state index in [1.807, 2.05) is 72.0 Å². The zero-order valence-electron chi connectivity index (χ0n) is 29.6. The first-order chi connectivity index (χ1) is 27.2. The van der Waals surface area contributed by atoms with Crippen LogP contribution in [0.2, 0.25) is 0 Å². The molecule has 0 radical (unpaired) electrons. The lowest BCUT2D eigenvalue weighted by atomic mass is 9.90. The van der Waals surface area contributed by atoms with Crippen molar-refractivity contribution in [2.75, 3.05) is 0 Å². The number of hydrogen-bond donors (Lipinski definition) is 0. The zero-order chi connectivity index (χ0) is 36.3. The van der Waals surface area contributed by atoms with Crippen molar-refractivity contribution in [3.05, 3.63) is 188 Å². The third-order valence-corrected chi connectivity index (χ3v) is 11.8. The Morgan fingerprint density at radius 2 is 0.818 bits per heavy atom. The second kappa shape index (κ2) is 12.8. The number of nitrogens with zero attached hydrogens (tertiary/aromatic N) is 3. The molecule has 4 heteroatoms. The summed E-state index contributed by atoms with van der Waals surface area (Å²) in [6.07, 6.45) is 0. The van der Waals surface area contributed by atoms with Crippen LogP contribution >= 0.6 is 11.3 Å². The molecule has 2 heterocycles. The first-order valence-corrected chi connectivity index (χ1v) is 19.3. The molecule has 0 aliphatic carbocycles. The van der Waals surface area contributed by atoms with E-state index in [2.05, 4.69) is 127 Å². The summed E-state index contributed by atoms with van der Waals surface area (Å²) in [6, 6.07) is 66.9. The summed E-state index contributed by atoms with van der Waals surface area (Å²) in [5.74, 6) is 1.95. The molecule has 0 N–H and O–H groups in total. The molecule has 256 valence electrons. The van der Waals surface area contributed by atoms with Crippen molar-refractivity contribution in [3.63, 3.8) is 0 Å². The molecule has 0 aliphatic heterocycles. The standard InChI is InChI=1S/C51H31N3S/c1-3-12-34(13-4-1)49-52-50(35-14-5-2-6-15-35)54-51(53-49)39-17-11-16-36(31-39)40-18-7-8-19-41(40)37-26-28-42-38(30-37)25-24-32-22-23-33-27-29-45-48(47(33)46(32)42)43-20-9-10-21-44(43)55-45/h1-31H. The molecule has 9 aromatic carbocycles. The largest absolute Gasteiger partial charge is 0.208 e. The van der Waals surface area contributed by atoms with E-state index in [1.54, 1.807) is 0 Å². The minimum Gasteiger partial charge on any atom is -0.208 e. The number of thiophene rings is 1. The van der Waals surface area contributed by atoms with Crippen molar-refractivity contribution in [1.82, 2.24) is 15.0 Å². The van der Waals surface area contributed by atoms with E-state index in [4.69, 9.17) is 15.0 Å². The fourth-order valence-corrected chi connectivity index (χ4v) is 9.22. The lowest BCUT2D eigenvalue weighted by Gasteiger charge is -2.14. The highest BCUT2D eigenvalue weighted by molar-refractivity contribution is 7.26. The summed E-state index contributed by atoms with van der Waals surface area (Å²) >= 11 is 1.88. The molecule has 0 amide bonds. The van der Waals surface area contributed by atoms with Crippen LogP contribution in [0.1, 0.15) is 0 Å². The maximum atomic E-state index is 5.01. The summed E-state index contributed by atoms with van der Waals surface area (Å²) in [4.78, 5) is 14.9. The van der Waals surface area contributed by atoms with E-state index in [1.165, 1.54) is 63.6 Å². The first kappa shape index (κ1) is 31.5. The van der Waals surface area contributed by atoms with Gasteiger partial charge in [0.15, 0.2) is 17.5 Å². The fourth-order valence-electron chi connectivity index (χ4n) is 8.10. The number of rotatable bonds is 5. The van der Waals surface area contributed by atoms with Gasteiger partial charge in [0.1, 0.15) is 0 Å². The molecular weight excluding hydrogens is 687 g/mol. The van der Waals surface area contributed by atoms with Gasteiger partial charge in [0.25, 0.3) is 0 Å². The summed E-state index contributed by atoms with van der Waals surface area (Å²) in [5.41, 5.74) is 7.46. The Balaban J connectivity index is 1.05. The van der Waals surface area contributed by atoms with Gasteiger partial charge in [-0.05, 0) is 78.8 Å². The van der Waals surface area contributed by atoms with Crippen molar-refractivity contribution in [2.45, 2.75) is 0 Å². The lowest BCUT2D eigenvalue weighted by Crippen LogP contribution is -2.00. The van der Waals surface area contributed by atoms with Crippen LogP contribution in [-0.4, -0.2) is 15.0 Å². The fraction of sp³-hybridized carbons (Fsp3) is 0. The van der Waals surface area contributed by atoms with Crippen molar-refractivity contribution < 1.29 is 0 Å². The molecule has 0 fully saturated rings. The van der Waals surface area contributed by atoms with Crippen LogP contribution in [0.25, 0.3) is 109 Å². The Bertz CT molecular complexity index is 3200. The van der Waals surface area contributed by atoms with Gasteiger partial charge in [-0.15, -0.1) is 11.3 Å². The van der Waals surface area contributed by atoms with E-state index < -0.39 is 0 Å². The molecule has 0 saturated carbocycles. The van der Waals surface area contributed by atoms with E-state index >= 15 is 0 Å². The van der Waals surface area contributed by atoms with E-state index in [-0.39, 0.29) is 0 Å². The van der Waals surface area contributed by atoms with E-state index in [0.717, 1.165) is 27.8 Å². The van der Waals surface area contributed by atoms with Crippen molar-refractivity contribution >= 4 is 63.8 Å². The van der Waals surface area contributed by atoms with Crippen LogP contribution in [0.5, 0.6) is 0 Å². The van der Waals surface area contributed by atoms with Gasteiger partial charge in [-0.2, -0.15) is 0 Å². The second-order valence-electron chi connectivity index (χ2n) is 14.0. The highest BCUT2D eigenvalue weighted by Gasteiger charge is 2.16. The van der Waals surface area contributed by atoms with Crippen molar-refractivity contribution in [3.8, 4) is 56.4 Å². The van der Waals surface area contributed by atoms with Crippen LogP contribution in [-0.2, 0) is 0 Å². The molecule has 0 atom stereocenters. The maximum absolute atomic E-state index is 5.01. The normalized spacial score (nSPS) is 11.6. The van der Waals surface area contributed by atoms with Gasteiger partial charge < -0.3 is 0 Å². The maximum Gasteiger partial charge on any atom is 0.164 e. The molecule has 0 aliphatic rings. The Labute approximate surface area is 321 Å². The van der Waals surface area contributed by atoms with Crippen LogP contribution in [0.3, 0.4) is 0 Å². The Hall–Kier alpha value is -7.01. The molecule has 11 aromatic rings. The Kier molecular flexibility index (Phi) is 7.35. The average molecular weight is 718 g/mol. The van der Waals surface area contributed by atoms with Crippen LogP contribution in [0, 0.1) is 0 Å². The SMILES string of the molecule is c1ccc(-c2nc(-c3ccccc3)nc(-c3cccc(-c4ccccc4-c4ccc5c(ccc6ccc7ccc8sc9ccccc9c8c7c65)c4)c3)n2)cc1. The predicted octanol–water partition coefficient (Wildman–Crippen LogP) is 14.0. The second-order valence-corrected chi connectivity index (χ2v) is 15.0. The highest BCUT2D eigenvalue weighted by Crippen LogP contribution is 2.44. The van der Waals surface area contributed by atoms with Gasteiger partial charge in [0.2, 0.25) is 0 Å². The highest BCUT2D eigenvalue weighted by atomic mass is 32.1. The molecule has 2 aromatic heterocycles. The van der Waals surface area contributed by atoms with Crippen LogP contribution in [0.15, 0.2) is 188 Å². The third-order valence-electron chi connectivity index (χ3n) is 10.7. The van der Waals surface area contributed by atoms with Gasteiger partial charge in [0.05, 0.1) is 0 Å². The summed E-state index contributed by atoms with van der Waals surface area (Å²) in [7, 11) is 0. The molecule has 0 bridgehead atoms. The first-order valence-electron chi connectivity index (χ1n) is 18.5. The molecular formula is C51H31N3S. The van der Waals surface area contributed by atoms with Crippen LogP contribution in [0.4, 0.5) is 0 Å². The number of fused-ring (bicyclic) bond motifs is 9. The Morgan fingerprint density at radius 3 is 1.53 bits per heavy atom. The lowest BCUT2D eigenvalue weighted by molar-refractivity contribution is 1.07. The number of benzene rings is 9. The molecule has 0 unspecified atom stereocenters. The zero-order valence-corrected chi connectivity index (χ0v) is 30.5. The number of hydrogen-bond acceptors (Lipinski definition) is 4. The van der Waals surface area contributed by atoms with Gasteiger partial charge in [0, 0.05) is 36.9 Å². The third kappa shape index (κ3) is 5.38. The molecule has 55 heavy (non-hydrogen) atoms. The quantitative estimate of drug-likeness (QED) is 0.166. The van der Waals surface area contributed by atoms with Gasteiger partial charge in [-0.25, -0.2) is 15.0 Å². The summed E-state index contributed by atoms with van der Waals surface area (Å²) in [6.45, 7) is 0. The topological polar surface area (TPSA) is 38.7 Å². The van der Waals surface area contributed by atoms with Gasteiger partial charge >= 0.3 is 0 Å². The smallest absolute Gasteiger partial charge is 0.164 e. The minimum atomic E-state index is 0.643. The predicted molar refractivity (Wildman–Crippen MR) is 232 cm³/mol. The van der Waals surface area contributed by atoms with Crippen LogP contribution < -0.4 is 0 Å². The molecule has 0 saturated heterocycles. The van der Waals surface area contributed by atoms with E-state index in [0.29, 0.717) is 17.5 Å². The van der Waals surface area contributed by atoms with Gasteiger partial charge in [-0.1, -0.05) is 164 Å². The van der Waals surface area contributed by atoms with Crippen molar-refractivity contribution in [2.24, 2.45) is 0 Å². The van der Waals surface area contributed by atoms with E-state index in [9.17, 15) is 0 Å². The Morgan fingerprint density at radius 1 is 0.291 bits per heavy atom. The minimum absolute atomic E-state index is 0.643. The van der Waals surface area contributed by atoms with Gasteiger partial charge in [-0.3, -0.25) is 0 Å². The monoisotopic (exact) mass is 717 g/mol. The average Bonchev–Trinajstić information content (AvgIpc) is 3.65. The van der Waals surface area contributed by atoms with Crippen molar-refractivity contribution in [1.29, 1.82) is 0 Å². The summed E-state index contributed by atoms with van der Waals surface area (Å²) in [5, 5.41) is 10.4. The molecule has 0 spiro atoms. The molecule has 11 rings (SSSR count). The summed E-state index contributed by atoms with van der Waals surface area (Å²) < 4.78 is 2.66.